The Bertz CT molecular complexity index is 582. The van der Waals surface area contributed by atoms with Crippen molar-refractivity contribution in [1.29, 1.82) is 0 Å². The normalized spacial score (nSPS) is 16.3. The third-order valence-corrected chi connectivity index (χ3v) is 4.86. The van der Waals surface area contributed by atoms with Gasteiger partial charge in [-0.25, -0.2) is 9.97 Å². The minimum absolute atomic E-state index is 0.588. The zero-order valence-corrected chi connectivity index (χ0v) is 13.6. The van der Waals surface area contributed by atoms with E-state index in [0.717, 1.165) is 22.3 Å². The highest BCUT2D eigenvalue weighted by atomic mass is 32.2. The van der Waals surface area contributed by atoms with E-state index in [1.54, 1.807) is 11.8 Å². The smallest absolute Gasteiger partial charge is 0.188 e. The molecular weight excluding hydrogens is 280 g/mol. The largest absolute Gasteiger partial charge is 0.266 e. The van der Waals surface area contributed by atoms with Gasteiger partial charge in [-0.15, -0.1) is 0 Å². The van der Waals surface area contributed by atoms with E-state index < -0.39 is 0 Å². The average Bonchev–Trinajstić information content (AvgIpc) is 2.93. The molecular formula is C16H22N4S. The van der Waals surface area contributed by atoms with E-state index in [-0.39, 0.29) is 0 Å². The summed E-state index contributed by atoms with van der Waals surface area (Å²) in [6.45, 7) is 4.04. The summed E-state index contributed by atoms with van der Waals surface area (Å²) in [5.41, 5.74) is 3.35. The summed E-state index contributed by atoms with van der Waals surface area (Å²) in [6, 6.07) is 4.73. The number of nitrogens with zero attached hydrogens (tertiary/aromatic N) is 4. The van der Waals surface area contributed by atoms with Crippen LogP contribution in [0, 0.1) is 13.8 Å². The van der Waals surface area contributed by atoms with Crippen molar-refractivity contribution in [2.75, 3.05) is 0 Å². The molecule has 0 aromatic carbocycles. The summed E-state index contributed by atoms with van der Waals surface area (Å²) in [4.78, 5) is 9.00. The van der Waals surface area contributed by atoms with Gasteiger partial charge < -0.3 is 0 Å². The zero-order valence-electron chi connectivity index (χ0n) is 12.7. The van der Waals surface area contributed by atoms with Crippen LogP contribution in [0.4, 0.5) is 0 Å². The number of thioether (sulfide) groups is 1. The molecule has 0 atom stereocenters. The van der Waals surface area contributed by atoms with Crippen LogP contribution in [0.2, 0.25) is 0 Å². The van der Waals surface area contributed by atoms with Gasteiger partial charge >= 0.3 is 0 Å². The molecule has 21 heavy (non-hydrogen) atoms. The first-order valence-corrected chi connectivity index (χ1v) is 8.68. The van der Waals surface area contributed by atoms with E-state index in [1.165, 1.54) is 37.8 Å². The van der Waals surface area contributed by atoms with E-state index in [1.807, 2.05) is 26.1 Å². The third kappa shape index (κ3) is 3.64. The zero-order chi connectivity index (χ0) is 14.7. The van der Waals surface area contributed by atoms with E-state index >= 15 is 0 Å². The van der Waals surface area contributed by atoms with E-state index in [2.05, 4.69) is 25.8 Å². The number of rotatable bonds is 4. The van der Waals surface area contributed by atoms with Gasteiger partial charge in [0.2, 0.25) is 0 Å². The third-order valence-electron chi connectivity index (χ3n) is 3.98. The summed E-state index contributed by atoms with van der Waals surface area (Å²) in [5, 5.41) is 5.41. The maximum absolute atomic E-state index is 4.55. The van der Waals surface area contributed by atoms with Crippen molar-refractivity contribution in [2.45, 2.75) is 62.9 Å². The molecule has 0 spiro atoms. The molecule has 0 radical (unpaired) electrons. The van der Waals surface area contributed by atoms with Gasteiger partial charge in [-0.2, -0.15) is 5.10 Å². The Morgan fingerprint density at radius 2 is 1.86 bits per heavy atom. The number of aromatic nitrogens is 4. The van der Waals surface area contributed by atoms with Gasteiger partial charge in [0, 0.05) is 29.0 Å². The minimum Gasteiger partial charge on any atom is -0.266 e. The lowest BCUT2D eigenvalue weighted by Crippen LogP contribution is -2.16. The maximum atomic E-state index is 4.55. The highest BCUT2D eigenvalue weighted by molar-refractivity contribution is 7.98. The van der Waals surface area contributed by atoms with Crippen LogP contribution in [-0.4, -0.2) is 19.7 Å². The Balaban J connectivity index is 1.69. The summed E-state index contributed by atoms with van der Waals surface area (Å²) >= 11 is 1.70. The second-order valence-electron chi connectivity index (χ2n) is 5.78. The van der Waals surface area contributed by atoms with Crippen LogP contribution >= 0.6 is 11.8 Å². The first-order chi connectivity index (χ1) is 10.2. The molecule has 2 aromatic rings. The predicted molar refractivity (Wildman–Crippen MR) is 85.4 cm³/mol. The van der Waals surface area contributed by atoms with Gasteiger partial charge in [-0.3, -0.25) is 4.68 Å². The van der Waals surface area contributed by atoms with Crippen molar-refractivity contribution in [2.24, 2.45) is 0 Å². The fraction of sp³-hybridized carbons (Fsp3) is 0.562. The van der Waals surface area contributed by atoms with Crippen molar-refractivity contribution < 1.29 is 0 Å². The van der Waals surface area contributed by atoms with Gasteiger partial charge in [0.25, 0.3) is 0 Å². The molecule has 1 fully saturated rings. The van der Waals surface area contributed by atoms with Gasteiger partial charge in [0.15, 0.2) is 5.16 Å². The first kappa shape index (κ1) is 14.6. The van der Waals surface area contributed by atoms with Gasteiger partial charge in [-0.05, 0) is 38.8 Å². The monoisotopic (exact) mass is 302 g/mol. The molecule has 1 aliphatic rings. The summed E-state index contributed by atoms with van der Waals surface area (Å²) < 4.78 is 2.23. The number of hydrogen-bond donors (Lipinski definition) is 0. The maximum Gasteiger partial charge on any atom is 0.188 e. The lowest BCUT2D eigenvalue weighted by molar-refractivity contribution is 0.324. The van der Waals surface area contributed by atoms with E-state index in [0.29, 0.717) is 6.04 Å². The molecule has 4 nitrogen and oxygen atoms in total. The molecule has 3 rings (SSSR count). The van der Waals surface area contributed by atoms with Gasteiger partial charge in [0.1, 0.15) is 0 Å². The molecule has 0 amide bonds. The Morgan fingerprint density at radius 1 is 1.14 bits per heavy atom. The molecule has 0 bridgehead atoms. The van der Waals surface area contributed by atoms with Crippen LogP contribution in [0.25, 0.3) is 0 Å². The molecule has 0 aliphatic heterocycles. The predicted octanol–water partition coefficient (Wildman–Crippen LogP) is 4.09. The topological polar surface area (TPSA) is 43.6 Å². The average molecular weight is 302 g/mol. The fourth-order valence-electron chi connectivity index (χ4n) is 3.01. The SMILES string of the molecule is Cc1cc(C)nc(SCc2ccnn2C2CCCCC2)n1. The van der Waals surface area contributed by atoms with Crippen LogP contribution in [0.15, 0.2) is 23.5 Å². The molecule has 1 aliphatic carbocycles. The lowest BCUT2D eigenvalue weighted by atomic mass is 9.95. The summed E-state index contributed by atoms with van der Waals surface area (Å²) in [7, 11) is 0. The van der Waals surface area contributed by atoms with Crippen molar-refractivity contribution in [3.63, 3.8) is 0 Å². The van der Waals surface area contributed by atoms with Crippen molar-refractivity contribution >= 4 is 11.8 Å². The lowest BCUT2D eigenvalue weighted by Gasteiger charge is -2.23. The van der Waals surface area contributed by atoms with Crippen molar-refractivity contribution in [3.8, 4) is 0 Å². The standard InChI is InChI=1S/C16H22N4S/c1-12-10-13(2)19-16(18-12)21-11-15-8-9-17-20(15)14-6-4-3-5-7-14/h8-10,14H,3-7,11H2,1-2H3. The van der Waals surface area contributed by atoms with Crippen molar-refractivity contribution in [3.05, 3.63) is 35.4 Å². The molecule has 2 aromatic heterocycles. The molecule has 112 valence electrons. The van der Waals surface area contributed by atoms with Crippen LogP contribution in [0.1, 0.15) is 55.2 Å². The Morgan fingerprint density at radius 3 is 2.57 bits per heavy atom. The molecule has 0 unspecified atom stereocenters. The molecule has 1 saturated carbocycles. The van der Waals surface area contributed by atoms with Crippen molar-refractivity contribution in [1.82, 2.24) is 19.7 Å². The summed E-state index contributed by atoms with van der Waals surface area (Å²) in [5.74, 6) is 0.888. The highest BCUT2D eigenvalue weighted by Crippen LogP contribution is 2.30. The van der Waals surface area contributed by atoms with Crippen LogP contribution in [0.3, 0.4) is 0 Å². The highest BCUT2D eigenvalue weighted by Gasteiger charge is 2.18. The Hall–Kier alpha value is -1.36. The second kappa shape index (κ2) is 6.60. The van der Waals surface area contributed by atoms with E-state index in [4.69, 9.17) is 0 Å². The van der Waals surface area contributed by atoms with E-state index in [9.17, 15) is 0 Å². The van der Waals surface area contributed by atoms with Crippen LogP contribution in [0.5, 0.6) is 0 Å². The Kier molecular flexibility index (Phi) is 4.58. The molecule has 5 heteroatoms. The number of aryl methyl sites for hydroxylation is 2. The quantitative estimate of drug-likeness (QED) is 0.630. The number of hydrogen-bond acceptors (Lipinski definition) is 4. The first-order valence-electron chi connectivity index (χ1n) is 7.70. The molecule has 0 saturated heterocycles. The Labute approximate surface area is 130 Å². The molecule has 2 heterocycles. The summed E-state index contributed by atoms with van der Waals surface area (Å²) in [6.07, 6.45) is 8.48. The van der Waals surface area contributed by atoms with Crippen LogP contribution < -0.4 is 0 Å². The fourth-order valence-corrected chi connectivity index (χ4v) is 3.93. The molecule has 0 N–H and O–H groups in total. The second-order valence-corrected chi connectivity index (χ2v) is 6.72. The van der Waals surface area contributed by atoms with Gasteiger partial charge in [-0.1, -0.05) is 31.0 Å². The minimum atomic E-state index is 0.588. The van der Waals surface area contributed by atoms with Gasteiger partial charge in [0.05, 0.1) is 6.04 Å². The van der Waals surface area contributed by atoms with Crippen LogP contribution in [-0.2, 0) is 5.75 Å².